The number of alkyl halides is 3. The summed E-state index contributed by atoms with van der Waals surface area (Å²) in [5.41, 5.74) is 5.86. The molecule has 168 valence electrons. The summed E-state index contributed by atoms with van der Waals surface area (Å²) in [6.45, 7) is -0.131. The largest absolute Gasteiger partial charge is 0.488 e. The summed E-state index contributed by atoms with van der Waals surface area (Å²) in [5.74, 6) is 1.25. The molecule has 0 spiro atoms. The molecule has 0 bridgehead atoms. The zero-order valence-corrected chi connectivity index (χ0v) is 18.3. The normalized spacial score (nSPS) is 20.8. The van der Waals surface area contributed by atoms with Gasteiger partial charge in [0.15, 0.2) is 5.69 Å². The third kappa shape index (κ3) is 4.89. The Morgan fingerprint density at radius 1 is 1.06 bits per heavy atom. The standard InChI is InChI=1S/C23H20Cl2F3N3O/c24-19-2-1-3-20(25)22(19)31-17(12-21(30-31)23(26,27)28)13-32-18-10-6-15(7-11-18)14-4-8-16(29)9-5-14/h1-4,6,8-12,14-15H,5,7,13,29H2. The molecule has 0 amide bonds. The number of halogens is 5. The van der Waals surface area contributed by atoms with Crippen LogP contribution in [0.4, 0.5) is 13.2 Å². The minimum atomic E-state index is -4.61. The van der Waals surface area contributed by atoms with Gasteiger partial charge in [-0.05, 0) is 61.1 Å². The first-order valence-corrected chi connectivity index (χ1v) is 10.7. The Bertz CT molecular complexity index is 1110. The topological polar surface area (TPSA) is 53.1 Å². The van der Waals surface area contributed by atoms with Gasteiger partial charge in [-0.3, -0.25) is 0 Å². The van der Waals surface area contributed by atoms with Gasteiger partial charge in [-0.1, -0.05) is 47.5 Å². The van der Waals surface area contributed by atoms with E-state index in [4.69, 9.17) is 33.7 Å². The first kappa shape index (κ1) is 22.6. The summed E-state index contributed by atoms with van der Waals surface area (Å²) in [7, 11) is 0. The van der Waals surface area contributed by atoms with Crippen molar-refractivity contribution in [3.8, 4) is 5.69 Å². The molecule has 4 rings (SSSR count). The molecule has 32 heavy (non-hydrogen) atoms. The monoisotopic (exact) mass is 481 g/mol. The third-order valence-electron chi connectivity index (χ3n) is 5.42. The Balaban J connectivity index is 1.51. The van der Waals surface area contributed by atoms with Gasteiger partial charge in [0.25, 0.3) is 0 Å². The quantitative estimate of drug-likeness (QED) is 0.523. The van der Waals surface area contributed by atoms with Gasteiger partial charge in [0.1, 0.15) is 18.1 Å². The van der Waals surface area contributed by atoms with Crippen molar-refractivity contribution >= 4 is 23.2 Å². The number of hydrogen-bond acceptors (Lipinski definition) is 3. The second kappa shape index (κ2) is 9.08. The average molecular weight is 482 g/mol. The zero-order valence-electron chi connectivity index (χ0n) is 16.8. The lowest BCUT2D eigenvalue weighted by Gasteiger charge is -2.24. The maximum absolute atomic E-state index is 13.3. The van der Waals surface area contributed by atoms with E-state index in [9.17, 15) is 13.2 Å². The fourth-order valence-corrected chi connectivity index (χ4v) is 4.27. The summed E-state index contributed by atoms with van der Waals surface area (Å²) in [5, 5.41) is 4.07. The molecule has 2 aliphatic carbocycles. The molecule has 2 unspecified atom stereocenters. The maximum atomic E-state index is 13.3. The number of para-hydroxylation sites is 1. The highest BCUT2D eigenvalue weighted by Gasteiger charge is 2.35. The van der Waals surface area contributed by atoms with Crippen molar-refractivity contribution in [2.75, 3.05) is 0 Å². The van der Waals surface area contributed by atoms with Crippen molar-refractivity contribution in [1.29, 1.82) is 0 Å². The molecule has 1 aromatic heterocycles. The van der Waals surface area contributed by atoms with E-state index in [0.29, 0.717) is 17.6 Å². The SMILES string of the molecule is NC1=CCC(C2C=CC(OCc3cc(C(F)(F)F)nn3-c3c(Cl)cccc3Cl)=CC2)C=C1. The van der Waals surface area contributed by atoms with E-state index >= 15 is 0 Å². The lowest BCUT2D eigenvalue weighted by molar-refractivity contribution is -0.141. The highest BCUT2D eigenvalue weighted by molar-refractivity contribution is 6.37. The van der Waals surface area contributed by atoms with Gasteiger partial charge in [-0.15, -0.1) is 0 Å². The van der Waals surface area contributed by atoms with Gasteiger partial charge in [0, 0.05) is 5.70 Å². The molecule has 2 aromatic rings. The predicted molar refractivity (Wildman–Crippen MR) is 118 cm³/mol. The molecule has 2 aliphatic rings. The molecule has 0 radical (unpaired) electrons. The second-order valence-corrected chi connectivity index (χ2v) is 8.43. The van der Waals surface area contributed by atoms with E-state index in [2.05, 4.69) is 17.3 Å². The summed E-state index contributed by atoms with van der Waals surface area (Å²) in [6, 6.07) is 5.63. The van der Waals surface area contributed by atoms with Crippen LogP contribution < -0.4 is 5.73 Å². The van der Waals surface area contributed by atoms with E-state index in [0.717, 1.165) is 29.3 Å². The van der Waals surface area contributed by atoms with Gasteiger partial charge in [-0.25, -0.2) is 4.68 Å². The maximum Gasteiger partial charge on any atom is 0.435 e. The minimum Gasteiger partial charge on any atom is -0.488 e. The molecular formula is C23H20Cl2F3N3O. The van der Waals surface area contributed by atoms with Crippen molar-refractivity contribution in [2.45, 2.75) is 25.6 Å². The fourth-order valence-electron chi connectivity index (χ4n) is 3.72. The van der Waals surface area contributed by atoms with E-state index in [1.165, 1.54) is 12.1 Å². The lowest BCUT2D eigenvalue weighted by atomic mass is 9.82. The number of rotatable bonds is 5. The summed E-state index contributed by atoms with van der Waals surface area (Å²) in [6.07, 6.45) is 8.89. The predicted octanol–water partition coefficient (Wildman–Crippen LogP) is 6.59. The number of benzene rings is 1. The molecular weight excluding hydrogens is 462 g/mol. The van der Waals surface area contributed by atoms with Crippen LogP contribution in [0.25, 0.3) is 5.69 Å². The molecule has 0 saturated carbocycles. The Labute approximate surface area is 193 Å². The van der Waals surface area contributed by atoms with Crippen LogP contribution in [-0.2, 0) is 17.5 Å². The highest BCUT2D eigenvalue weighted by atomic mass is 35.5. The van der Waals surface area contributed by atoms with E-state index < -0.39 is 11.9 Å². The molecule has 4 nitrogen and oxygen atoms in total. The molecule has 0 aliphatic heterocycles. The van der Waals surface area contributed by atoms with Crippen LogP contribution in [0.3, 0.4) is 0 Å². The zero-order chi connectivity index (χ0) is 22.9. The molecule has 1 aromatic carbocycles. The summed E-state index contributed by atoms with van der Waals surface area (Å²) < 4.78 is 46.8. The van der Waals surface area contributed by atoms with Crippen LogP contribution in [0.15, 0.2) is 72.2 Å². The van der Waals surface area contributed by atoms with Crippen LogP contribution in [0.1, 0.15) is 24.2 Å². The van der Waals surface area contributed by atoms with E-state index in [-0.39, 0.29) is 28.0 Å². The van der Waals surface area contributed by atoms with Gasteiger partial charge < -0.3 is 10.5 Å². The Morgan fingerprint density at radius 3 is 2.28 bits per heavy atom. The smallest absolute Gasteiger partial charge is 0.435 e. The minimum absolute atomic E-state index is 0.131. The van der Waals surface area contributed by atoms with E-state index in [1.807, 2.05) is 24.3 Å². The fraction of sp³-hybridized carbons (Fsp3) is 0.261. The summed E-state index contributed by atoms with van der Waals surface area (Å²) in [4.78, 5) is 0. The number of nitrogens with zero attached hydrogens (tertiary/aromatic N) is 2. The number of allylic oxidation sites excluding steroid dienone is 6. The van der Waals surface area contributed by atoms with Gasteiger partial charge in [0.2, 0.25) is 0 Å². The molecule has 9 heteroatoms. The van der Waals surface area contributed by atoms with Crippen LogP contribution in [-0.4, -0.2) is 9.78 Å². The first-order chi connectivity index (χ1) is 15.2. The lowest BCUT2D eigenvalue weighted by Crippen LogP contribution is -2.15. The Morgan fingerprint density at radius 2 is 1.72 bits per heavy atom. The van der Waals surface area contributed by atoms with E-state index in [1.54, 1.807) is 6.07 Å². The third-order valence-corrected chi connectivity index (χ3v) is 6.03. The van der Waals surface area contributed by atoms with Crippen LogP contribution in [0.5, 0.6) is 0 Å². The molecule has 0 saturated heterocycles. The molecule has 2 N–H and O–H groups in total. The van der Waals surface area contributed by atoms with Crippen LogP contribution in [0.2, 0.25) is 10.0 Å². The number of hydrogen-bond donors (Lipinski definition) is 1. The Kier molecular flexibility index (Phi) is 6.40. The van der Waals surface area contributed by atoms with Crippen LogP contribution in [0, 0.1) is 11.8 Å². The van der Waals surface area contributed by atoms with Crippen molar-refractivity contribution in [3.05, 3.63) is 93.6 Å². The van der Waals surface area contributed by atoms with Crippen molar-refractivity contribution in [2.24, 2.45) is 17.6 Å². The van der Waals surface area contributed by atoms with Gasteiger partial charge in [-0.2, -0.15) is 18.3 Å². The highest BCUT2D eigenvalue weighted by Crippen LogP contribution is 2.35. The Hall–Kier alpha value is -2.64. The number of aromatic nitrogens is 2. The first-order valence-electron chi connectivity index (χ1n) is 9.98. The second-order valence-electron chi connectivity index (χ2n) is 7.62. The van der Waals surface area contributed by atoms with Crippen LogP contribution >= 0.6 is 23.2 Å². The molecule has 1 heterocycles. The van der Waals surface area contributed by atoms with Crippen molar-refractivity contribution in [1.82, 2.24) is 9.78 Å². The van der Waals surface area contributed by atoms with Gasteiger partial charge >= 0.3 is 6.18 Å². The van der Waals surface area contributed by atoms with Crippen molar-refractivity contribution in [3.63, 3.8) is 0 Å². The van der Waals surface area contributed by atoms with Crippen molar-refractivity contribution < 1.29 is 17.9 Å². The summed E-state index contributed by atoms with van der Waals surface area (Å²) >= 11 is 12.4. The van der Waals surface area contributed by atoms with Gasteiger partial charge in [0.05, 0.1) is 15.7 Å². The molecule has 0 fully saturated rings. The average Bonchev–Trinajstić information content (AvgIpc) is 3.17. The molecule has 2 atom stereocenters. The number of ether oxygens (including phenoxy) is 1. The number of nitrogens with two attached hydrogens (primary N) is 1.